The van der Waals surface area contributed by atoms with Gasteiger partial charge in [-0.2, -0.15) is 0 Å². The molecule has 18 heavy (non-hydrogen) atoms. The summed E-state index contributed by atoms with van der Waals surface area (Å²) in [4.78, 5) is 14.3. The quantitative estimate of drug-likeness (QED) is 0.835. The average Bonchev–Trinajstić information content (AvgIpc) is 3.20. The van der Waals surface area contributed by atoms with E-state index in [0.29, 0.717) is 6.54 Å². The van der Waals surface area contributed by atoms with Crippen molar-refractivity contribution >= 4 is 5.91 Å². The molecule has 0 spiro atoms. The maximum absolute atomic E-state index is 12.3. The largest absolute Gasteiger partial charge is 0.339 e. The summed E-state index contributed by atoms with van der Waals surface area (Å²) in [6, 6.07) is 7.85. The molecular formula is C15H22N2O. The fourth-order valence-corrected chi connectivity index (χ4v) is 2.13. The molecule has 0 atom stereocenters. The van der Waals surface area contributed by atoms with Crippen molar-refractivity contribution in [1.82, 2.24) is 4.90 Å². The van der Waals surface area contributed by atoms with E-state index < -0.39 is 0 Å². The number of carbonyl (C=O) groups excluding carboxylic acids is 1. The minimum absolute atomic E-state index is 0.156. The highest BCUT2D eigenvalue weighted by molar-refractivity contribution is 5.94. The number of benzene rings is 1. The number of hydrogen-bond donors (Lipinski definition) is 1. The molecular weight excluding hydrogens is 224 g/mol. The smallest absolute Gasteiger partial charge is 0.253 e. The van der Waals surface area contributed by atoms with Crippen molar-refractivity contribution < 1.29 is 4.79 Å². The van der Waals surface area contributed by atoms with Crippen LogP contribution in [0.3, 0.4) is 0 Å². The van der Waals surface area contributed by atoms with Gasteiger partial charge in [-0.15, -0.1) is 0 Å². The SMILES string of the molecule is CCN(CC1CC1)C(=O)c1ccc(CCN)cc1. The summed E-state index contributed by atoms with van der Waals surface area (Å²) in [5, 5.41) is 0. The zero-order chi connectivity index (χ0) is 13.0. The van der Waals surface area contributed by atoms with Gasteiger partial charge in [0.25, 0.3) is 5.91 Å². The van der Waals surface area contributed by atoms with Crippen LogP contribution in [0.5, 0.6) is 0 Å². The number of amides is 1. The molecule has 0 aromatic heterocycles. The van der Waals surface area contributed by atoms with E-state index in [1.165, 1.54) is 18.4 Å². The summed E-state index contributed by atoms with van der Waals surface area (Å²) >= 11 is 0. The second-order valence-electron chi connectivity index (χ2n) is 5.02. The monoisotopic (exact) mass is 246 g/mol. The Morgan fingerprint density at radius 3 is 2.50 bits per heavy atom. The summed E-state index contributed by atoms with van der Waals surface area (Å²) in [6.45, 7) is 4.40. The third-order valence-electron chi connectivity index (χ3n) is 3.48. The molecule has 3 heteroatoms. The molecule has 0 aliphatic heterocycles. The van der Waals surface area contributed by atoms with E-state index in [1.807, 2.05) is 36.1 Å². The van der Waals surface area contributed by atoms with Crippen molar-refractivity contribution in [2.24, 2.45) is 11.7 Å². The van der Waals surface area contributed by atoms with Crippen LogP contribution in [0.4, 0.5) is 0 Å². The molecule has 1 amide bonds. The maximum atomic E-state index is 12.3. The molecule has 1 aromatic carbocycles. The van der Waals surface area contributed by atoms with E-state index in [0.717, 1.165) is 31.0 Å². The first-order valence-corrected chi connectivity index (χ1v) is 6.83. The molecule has 98 valence electrons. The van der Waals surface area contributed by atoms with E-state index >= 15 is 0 Å². The molecule has 3 nitrogen and oxygen atoms in total. The fraction of sp³-hybridized carbons (Fsp3) is 0.533. The van der Waals surface area contributed by atoms with Crippen LogP contribution >= 0.6 is 0 Å². The van der Waals surface area contributed by atoms with Crippen molar-refractivity contribution in [1.29, 1.82) is 0 Å². The van der Waals surface area contributed by atoms with Crippen molar-refractivity contribution in [2.45, 2.75) is 26.2 Å². The first kappa shape index (κ1) is 13.1. The normalized spacial score (nSPS) is 14.6. The van der Waals surface area contributed by atoms with Gasteiger partial charge in [-0.25, -0.2) is 0 Å². The highest BCUT2D eigenvalue weighted by atomic mass is 16.2. The lowest BCUT2D eigenvalue weighted by Gasteiger charge is -2.20. The minimum atomic E-state index is 0.156. The number of hydrogen-bond acceptors (Lipinski definition) is 2. The number of rotatable bonds is 6. The zero-order valence-electron chi connectivity index (χ0n) is 11.1. The van der Waals surface area contributed by atoms with Crippen LogP contribution in [-0.4, -0.2) is 30.4 Å². The average molecular weight is 246 g/mol. The van der Waals surface area contributed by atoms with Crippen LogP contribution in [0.1, 0.15) is 35.7 Å². The second-order valence-corrected chi connectivity index (χ2v) is 5.02. The van der Waals surface area contributed by atoms with Gasteiger partial charge in [0, 0.05) is 18.7 Å². The maximum Gasteiger partial charge on any atom is 0.253 e. The lowest BCUT2D eigenvalue weighted by Crippen LogP contribution is -2.32. The van der Waals surface area contributed by atoms with Gasteiger partial charge in [0.1, 0.15) is 0 Å². The van der Waals surface area contributed by atoms with Crippen molar-refractivity contribution in [3.63, 3.8) is 0 Å². The lowest BCUT2D eigenvalue weighted by atomic mass is 10.1. The Balaban J connectivity index is 2.01. The number of nitrogens with zero attached hydrogens (tertiary/aromatic N) is 1. The van der Waals surface area contributed by atoms with Gasteiger partial charge in [0.15, 0.2) is 0 Å². The topological polar surface area (TPSA) is 46.3 Å². The van der Waals surface area contributed by atoms with Crippen molar-refractivity contribution in [2.75, 3.05) is 19.6 Å². The van der Waals surface area contributed by atoms with E-state index in [4.69, 9.17) is 5.73 Å². The van der Waals surface area contributed by atoms with Gasteiger partial charge < -0.3 is 10.6 Å². The Bertz CT molecular complexity index is 395. The zero-order valence-corrected chi connectivity index (χ0v) is 11.1. The van der Waals surface area contributed by atoms with Gasteiger partial charge in [-0.1, -0.05) is 12.1 Å². The predicted octanol–water partition coefficient (Wildman–Crippen LogP) is 2.06. The molecule has 2 rings (SSSR count). The van der Waals surface area contributed by atoms with Crippen LogP contribution in [0, 0.1) is 5.92 Å². The molecule has 1 saturated carbocycles. The van der Waals surface area contributed by atoms with Crippen molar-refractivity contribution in [3.05, 3.63) is 35.4 Å². The lowest BCUT2D eigenvalue weighted by molar-refractivity contribution is 0.0757. The van der Waals surface area contributed by atoms with E-state index in [1.54, 1.807) is 0 Å². The third kappa shape index (κ3) is 3.33. The molecule has 0 radical (unpaired) electrons. The minimum Gasteiger partial charge on any atom is -0.339 e. The molecule has 1 aliphatic rings. The molecule has 0 saturated heterocycles. The number of nitrogens with two attached hydrogens (primary N) is 1. The Morgan fingerprint density at radius 1 is 1.33 bits per heavy atom. The number of carbonyl (C=O) groups is 1. The molecule has 0 unspecified atom stereocenters. The summed E-state index contributed by atoms with van der Waals surface area (Å²) < 4.78 is 0. The first-order chi connectivity index (χ1) is 8.74. The van der Waals surface area contributed by atoms with Crippen LogP contribution in [0.15, 0.2) is 24.3 Å². The predicted molar refractivity (Wildman–Crippen MR) is 73.5 cm³/mol. The Morgan fingerprint density at radius 2 is 2.00 bits per heavy atom. The third-order valence-corrected chi connectivity index (χ3v) is 3.48. The first-order valence-electron chi connectivity index (χ1n) is 6.83. The van der Waals surface area contributed by atoms with Gasteiger partial charge in [0.05, 0.1) is 0 Å². The fourth-order valence-electron chi connectivity index (χ4n) is 2.13. The summed E-state index contributed by atoms with van der Waals surface area (Å²) in [5.74, 6) is 0.897. The summed E-state index contributed by atoms with van der Waals surface area (Å²) in [6.07, 6.45) is 3.42. The van der Waals surface area contributed by atoms with Crippen molar-refractivity contribution in [3.8, 4) is 0 Å². The van der Waals surface area contributed by atoms with Crippen LogP contribution in [0.2, 0.25) is 0 Å². The highest BCUT2D eigenvalue weighted by Gasteiger charge is 2.26. The standard InChI is InChI=1S/C15H22N2O/c1-2-17(11-13-3-4-13)15(18)14-7-5-12(6-8-14)9-10-16/h5-8,13H,2-4,9-11,16H2,1H3. The highest BCUT2D eigenvalue weighted by Crippen LogP contribution is 2.30. The Hall–Kier alpha value is -1.35. The van der Waals surface area contributed by atoms with Crippen LogP contribution < -0.4 is 5.73 Å². The summed E-state index contributed by atoms with van der Waals surface area (Å²) in [7, 11) is 0. The second kappa shape index (κ2) is 6.01. The molecule has 0 bridgehead atoms. The molecule has 0 heterocycles. The van der Waals surface area contributed by atoms with Gasteiger partial charge in [0.2, 0.25) is 0 Å². The van der Waals surface area contributed by atoms with Crippen LogP contribution in [0.25, 0.3) is 0 Å². The van der Waals surface area contributed by atoms with Gasteiger partial charge >= 0.3 is 0 Å². The van der Waals surface area contributed by atoms with Crippen LogP contribution in [-0.2, 0) is 6.42 Å². The van der Waals surface area contributed by atoms with E-state index in [2.05, 4.69) is 0 Å². The van der Waals surface area contributed by atoms with Gasteiger partial charge in [-0.3, -0.25) is 4.79 Å². The Kier molecular flexibility index (Phi) is 4.37. The molecule has 1 aliphatic carbocycles. The van der Waals surface area contributed by atoms with E-state index in [9.17, 15) is 4.79 Å². The summed E-state index contributed by atoms with van der Waals surface area (Å²) in [5.41, 5.74) is 7.50. The molecule has 1 fully saturated rings. The Labute approximate surface area is 109 Å². The molecule has 2 N–H and O–H groups in total. The molecule has 1 aromatic rings. The van der Waals surface area contributed by atoms with E-state index in [-0.39, 0.29) is 5.91 Å². The van der Waals surface area contributed by atoms with Gasteiger partial charge in [-0.05, 0) is 56.3 Å².